The fourth-order valence-corrected chi connectivity index (χ4v) is 0.475. The van der Waals surface area contributed by atoms with Crippen molar-refractivity contribution < 1.29 is 4.79 Å². The predicted molar refractivity (Wildman–Crippen MR) is 48.4 cm³/mol. The summed E-state index contributed by atoms with van der Waals surface area (Å²) >= 11 is 4.77. The number of nitrogens with zero attached hydrogens (tertiary/aromatic N) is 1. The average molecular weight is 175 g/mol. The molecule has 0 spiro atoms. The summed E-state index contributed by atoms with van der Waals surface area (Å²) in [7, 11) is 5.11. The maximum absolute atomic E-state index is 10.9. The van der Waals surface area contributed by atoms with E-state index in [-0.39, 0.29) is 12.5 Å². The molecule has 0 aromatic heterocycles. The van der Waals surface area contributed by atoms with Crippen LogP contribution < -0.4 is 10.6 Å². The maximum Gasteiger partial charge on any atom is 0.241 e. The highest BCUT2D eigenvalue weighted by Gasteiger charge is 2.02. The van der Waals surface area contributed by atoms with Crippen LogP contribution >= 0.6 is 12.2 Å². The monoisotopic (exact) mass is 175 g/mol. The van der Waals surface area contributed by atoms with E-state index < -0.39 is 0 Å². The lowest BCUT2D eigenvalue weighted by molar-refractivity contribution is -0.127. The lowest BCUT2D eigenvalue weighted by Crippen LogP contribution is -2.40. The van der Waals surface area contributed by atoms with Crippen LogP contribution in [0.3, 0.4) is 0 Å². The first-order valence-corrected chi connectivity index (χ1v) is 3.64. The predicted octanol–water partition coefficient (Wildman–Crippen LogP) is -0.832. The minimum atomic E-state index is 0.00241. The molecule has 2 N–H and O–H groups in total. The number of carbonyl (C=O) groups excluding carboxylic acids is 1. The van der Waals surface area contributed by atoms with Crippen LogP contribution in [0.5, 0.6) is 0 Å². The van der Waals surface area contributed by atoms with Gasteiger partial charge >= 0.3 is 0 Å². The molecular formula is C6H13N3OS. The number of amides is 1. The molecule has 0 fully saturated rings. The van der Waals surface area contributed by atoms with Crippen LogP contribution in [0.15, 0.2) is 0 Å². The minimum absolute atomic E-state index is 0.00241. The summed E-state index contributed by atoms with van der Waals surface area (Å²) in [5.41, 5.74) is 0. The Kier molecular flexibility index (Phi) is 4.52. The van der Waals surface area contributed by atoms with Crippen LogP contribution in [0.1, 0.15) is 0 Å². The second kappa shape index (κ2) is 4.90. The SMILES string of the molecule is CNC(=S)NCC(=O)N(C)C. The standard InChI is InChI=1S/C6H13N3OS/c1-7-6(11)8-4-5(10)9(2)3/h4H2,1-3H3,(H2,7,8,11). The fourth-order valence-electron chi connectivity index (χ4n) is 0.402. The first-order chi connectivity index (χ1) is 5.07. The van der Waals surface area contributed by atoms with E-state index in [4.69, 9.17) is 12.2 Å². The normalized spacial score (nSPS) is 8.64. The molecular weight excluding hydrogens is 162 g/mol. The molecule has 11 heavy (non-hydrogen) atoms. The van der Waals surface area contributed by atoms with Gasteiger partial charge in [-0.05, 0) is 12.2 Å². The van der Waals surface area contributed by atoms with Gasteiger partial charge in [-0.15, -0.1) is 0 Å². The number of likely N-dealkylation sites (N-methyl/N-ethyl adjacent to an activating group) is 1. The summed E-state index contributed by atoms with van der Waals surface area (Å²) in [5.74, 6) is 0.00241. The first-order valence-electron chi connectivity index (χ1n) is 3.23. The van der Waals surface area contributed by atoms with Crippen molar-refractivity contribution in [2.24, 2.45) is 0 Å². The zero-order chi connectivity index (χ0) is 8.85. The molecule has 64 valence electrons. The van der Waals surface area contributed by atoms with Crippen LogP contribution in [0.4, 0.5) is 0 Å². The topological polar surface area (TPSA) is 44.4 Å². The van der Waals surface area contributed by atoms with Crippen molar-refractivity contribution in [3.8, 4) is 0 Å². The summed E-state index contributed by atoms with van der Waals surface area (Å²) in [4.78, 5) is 12.4. The van der Waals surface area contributed by atoms with E-state index in [1.54, 1.807) is 21.1 Å². The third-order valence-corrected chi connectivity index (χ3v) is 1.47. The molecule has 0 radical (unpaired) electrons. The smallest absolute Gasteiger partial charge is 0.241 e. The van der Waals surface area contributed by atoms with Crippen molar-refractivity contribution in [1.82, 2.24) is 15.5 Å². The van der Waals surface area contributed by atoms with Crippen molar-refractivity contribution in [2.45, 2.75) is 0 Å². The summed E-state index contributed by atoms with van der Waals surface area (Å²) in [5, 5.41) is 5.94. The number of rotatable bonds is 2. The van der Waals surface area contributed by atoms with Gasteiger partial charge in [0.05, 0.1) is 6.54 Å². The van der Waals surface area contributed by atoms with E-state index >= 15 is 0 Å². The summed E-state index contributed by atoms with van der Waals surface area (Å²) < 4.78 is 0. The van der Waals surface area contributed by atoms with E-state index in [0.717, 1.165) is 0 Å². The van der Waals surface area contributed by atoms with Crippen molar-refractivity contribution in [2.75, 3.05) is 27.7 Å². The van der Waals surface area contributed by atoms with Gasteiger partial charge in [0.25, 0.3) is 0 Å². The van der Waals surface area contributed by atoms with E-state index in [9.17, 15) is 4.79 Å². The molecule has 0 rings (SSSR count). The maximum atomic E-state index is 10.9. The van der Waals surface area contributed by atoms with Crippen LogP contribution in [-0.4, -0.2) is 43.6 Å². The molecule has 0 heterocycles. The van der Waals surface area contributed by atoms with Crippen LogP contribution in [0.2, 0.25) is 0 Å². The van der Waals surface area contributed by atoms with E-state index in [2.05, 4.69) is 10.6 Å². The highest BCUT2D eigenvalue weighted by atomic mass is 32.1. The molecule has 0 bridgehead atoms. The fraction of sp³-hybridized carbons (Fsp3) is 0.667. The Balaban J connectivity index is 3.54. The van der Waals surface area contributed by atoms with Gasteiger partial charge in [-0.25, -0.2) is 0 Å². The van der Waals surface area contributed by atoms with Gasteiger partial charge < -0.3 is 15.5 Å². The van der Waals surface area contributed by atoms with Crippen molar-refractivity contribution >= 4 is 23.2 Å². The molecule has 0 saturated carbocycles. The Morgan fingerprint density at radius 2 is 2.09 bits per heavy atom. The number of hydrogen-bond donors (Lipinski definition) is 2. The number of hydrogen-bond acceptors (Lipinski definition) is 2. The Morgan fingerprint density at radius 1 is 1.55 bits per heavy atom. The summed E-state index contributed by atoms with van der Waals surface area (Å²) in [6, 6.07) is 0. The Labute approximate surface area is 71.9 Å². The molecule has 0 saturated heterocycles. The average Bonchev–Trinajstić information content (AvgIpc) is 1.99. The Bertz CT molecular complexity index is 158. The van der Waals surface area contributed by atoms with Crippen molar-refractivity contribution in [1.29, 1.82) is 0 Å². The zero-order valence-corrected chi connectivity index (χ0v) is 7.79. The molecule has 0 unspecified atom stereocenters. The largest absolute Gasteiger partial charge is 0.366 e. The molecule has 0 aromatic rings. The Morgan fingerprint density at radius 3 is 2.45 bits per heavy atom. The van der Waals surface area contributed by atoms with E-state index in [1.807, 2.05) is 0 Å². The van der Waals surface area contributed by atoms with Gasteiger partial charge in [0.15, 0.2) is 5.11 Å². The minimum Gasteiger partial charge on any atom is -0.366 e. The number of carbonyl (C=O) groups is 1. The third kappa shape index (κ3) is 4.55. The lowest BCUT2D eigenvalue weighted by atomic mass is 10.5. The van der Waals surface area contributed by atoms with Gasteiger partial charge in [-0.3, -0.25) is 4.79 Å². The second-order valence-corrected chi connectivity index (χ2v) is 2.63. The number of nitrogens with one attached hydrogen (secondary N) is 2. The third-order valence-electron chi connectivity index (χ3n) is 1.13. The van der Waals surface area contributed by atoms with Gasteiger partial charge in [0, 0.05) is 21.1 Å². The molecule has 4 nitrogen and oxygen atoms in total. The van der Waals surface area contributed by atoms with Crippen molar-refractivity contribution in [3.05, 3.63) is 0 Å². The van der Waals surface area contributed by atoms with E-state index in [0.29, 0.717) is 5.11 Å². The molecule has 0 aromatic carbocycles. The lowest BCUT2D eigenvalue weighted by Gasteiger charge is -2.11. The zero-order valence-electron chi connectivity index (χ0n) is 6.97. The van der Waals surface area contributed by atoms with Crippen LogP contribution in [0, 0.1) is 0 Å². The molecule has 0 aliphatic carbocycles. The van der Waals surface area contributed by atoms with Crippen LogP contribution in [-0.2, 0) is 4.79 Å². The molecule has 5 heteroatoms. The summed E-state index contributed by atoms with van der Waals surface area (Å²) in [6.07, 6.45) is 0. The molecule has 1 amide bonds. The number of thiocarbonyl (C=S) groups is 1. The molecule has 0 atom stereocenters. The highest BCUT2D eigenvalue weighted by Crippen LogP contribution is 1.75. The summed E-state index contributed by atoms with van der Waals surface area (Å²) in [6.45, 7) is 0.243. The van der Waals surface area contributed by atoms with Gasteiger partial charge in [-0.2, -0.15) is 0 Å². The van der Waals surface area contributed by atoms with Crippen LogP contribution in [0.25, 0.3) is 0 Å². The van der Waals surface area contributed by atoms with Gasteiger partial charge in [-0.1, -0.05) is 0 Å². The first kappa shape index (κ1) is 10.2. The van der Waals surface area contributed by atoms with Gasteiger partial charge in [0.2, 0.25) is 5.91 Å². The van der Waals surface area contributed by atoms with Gasteiger partial charge in [0.1, 0.15) is 0 Å². The highest BCUT2D eigenvalue weighted by molar-refractivity contribution is 7.80. The molecule has 0 aliphatic heterocycles. The quantitative estimate of drug-likeness (QED) is 0.538. The van der Waals surface area contributed by atoms with Crippen molar-refractivity contribution in [3.63, 3.8) is 0 Å². The Hall–Kier alpha value is -0.840. The second-order valence-electron chi connectivity index (χ2n) is 2.22. The molecule has 0 aliphatic rings. The van der Waals surface area contributed by atoms with E-state index in [1.165, 1.54) is 4.90 Å².